The fourth-order valence-corrected chi connectivity index (χ4v) is 2.08. The summed E-state index contributed by atoms with van der Waals surface area (Å²) in [4.78, 5) is 0. The molecule has 0 aromatic heterocycles. The lowest BCUT2D eigenvalue weighted by atomic mass is 9.82. The molecule has 0 aromatic carbocycles. The summed E-state index contributed by atoms with van der Waals surface area (Å²) in [6, 6.07) is 0. The molecule has 0 rings (SSSR count). The van der Waals surface area contributed by atoms with E-state index in [1.807, 2.05) is 0 Å². The Bertz CT molecular complexity index is 76.0. The van der Waals surface area contributed by atoms with E-state index >= 15 is 0 Å². The van der Waals surface area contributed by atoms with E-state index < -0.39 is 0 Å². The second-order valence-electron chi connectivity index (χ2n) is 3.64. The van der Waals surface area contributed by atoms with Crippen molar-refractivity contribution in [1.82, 2.24) is 0 Å². The molecule has 0 saturated carbocycles. The van der Waals surface area contributed by atoms with Crippen molar-refractivity contribution in [3.05, 3.63) is 5.92 Å². The first-order valence-electron chi connectivity index (χ1n) is 5.64. The Morgan fingerprint density at radius 3 is 1.50 bits per heavy atom. The van der Waals surface area contributed by atoms with Crippen molar-refractivity contribution < 1.29 is 0 Å². The molecule has 73 valence electrons. The summed E-state index contributed by atoms with van der Waals surface area (Å²) in [5.74, 6) is 2.72. The molecule has 1 radical (unpaired) electrons. The number of hydrogen-bond acceptors (Lipinski definition) is 0. The lowest BCUT2D eigenvalue weighted by molar-refractivity contribution is 0.424. The highest BCUT2D eigenvalue weighted by atomic mass is 14.2. The molecule has 0 aromatic rings. The first-order valence-corrected chi connectivity index (χ1v) is 5.64. The first kappa shape index (κ1) is 12.0. The Labute approximate surface area is 78.8 Å². The maximum atomic E-state index is 2.30. The number of rotatable bonds is 7. The SMILES string of the molecule is CCCC(CCC)[C](CC)CC. The molecule has 0 bridgehead atoms. The molecule has 12 heavy (non-hydrogen) atoms. The van der Waals surface area contributed by atoms with Crippen LogP contribution in [0.25, 0.3) is 0 Å². The van der Waals surface area contributed by atoms with Crippen LogP contribution in [0, 0.1) is 11.8 Å². The van der Waals surface area contributed by atoms with Crippen molar-refractivity contribution >= 4 is 0 Å². The molecule has 0 unspecified atom stereocenters. The molecule has 0 nitrogen and oxygen atoms in total. The Hall–Kier alpha value is 0. The van der Waals surface area contributed by atoms with Gasteiger partial charge in [0, 0.05) is 0 Å². The van der Waals surface area contributed by atoms with Gasteiger partial charge in [-0.2, -0.15) is 0 Å². The van der Waals surface area contributed by atoms with Crippen molar-refractivity contribution in [3.63, 3.8) is 0 Å². The van der Waals surface area contributed by atoms with Crippen LogP contribution in [0.5, 0.6) is 0 Å². The minimum absolute atomic E-state index is 0.926. The van der Waals surface area contributed by atoms with Crippen molar-refractivity contribution in [1.29, 1.82) is 0 Å². The van der Waals surface area contributed by atoms with Crippen molar-refractivity contribution in [2.24, 2.45) is 5.92 Å². The fourth-order valence-electron chi connectivity index (χ4n) is 2.08. The zero-order chi connectivity index (χ0) is 9.40. The largest absolute Gasteiger partial charge is 0.0654 e. The summed E-state index contributed by atoms with van der Waals surface area (Å²) in [6.45, 7) is 9.20. The van der Waals surface area contributed by atoms with E-state index in [1.54, 1.807) is 5.92 Å². The highest BCUT2D eigenvalue weighted by molar-refractivity contribution is 4.93. The molecule has 0 spiro atoms. The predicted molar refractivity (Wildman–Crippen MR) is 57.1 cm³/mol. The smallest absolute Gasteiger partial charge is 0.0215 e. The number of hydrogen-bond donors (Lipinski definition) is 0. The average Bonchev–Trinajstić information content (AvgIpc) is 2.07. The zero-order valence-corrected chi connectivity index (χ0v) is 9.32. The molecular formula is C12H25. The van der Waals surface area contributed by atoms with Gasteiger partial charge in [0.1, 0.15) is 0 Å². The summed E-state index contributed by atoms with van der Waals surface area (Å²) >= 11 is 0. The van der Waals surface area contributed by atoms with Crippen LogP contribution in [0.3, 0.4) is 0 Å². The molecule has 0 N–H and O–H groups in total. The van der Waals surface area contributed by atoms with Gasteiger partial charge in [-0.05, 0) is 24.7 Å². The normalized spacial score (nSPS) is 11.5. The predicted octanol–water partition coefficient (Wildman–Crippen LogP) is 4.60. The Balaban J connectivity index is 3.86. The lowest BCUT2D eigenvalue weighted by Crippen LogP contribution is -2.10. The van der Waals surface area contributed by atoms with Crippen molar-refractivity contribution in [2.75, 3.05) is 0 Å². The van der Waals surface area contributed by atoms with E-state index in [4.69, 9.17) is 0 Å². The van der Waals surface area contributed by atoms with Gasteiger partial charge in [-0.3, -0.25) is 0 Å². The fraction of sp³-hybridized carbons (Fsp3) is 0.917. The Morgan fingerprint density at radius 1 is 0.833 bits per heavy atom. The highest BCUT2D eigenvalue weighted by Gasteiger charge is 2.16. The topological polar surface area (TPSA) is 0 Å². The summed E-state index contributed by atoms with van der Waals surface area (Å²) < 4.78 is 0. The standard InChI is InChI=1S/C12H25/c1-5-9-12(10-6-2)11(7-3)8-4/h12H,5-10H2,1-4H3. The Kier molecular flexibility index (Phi) is 7.64. The lowest BCUT2D eigenvalue weighted by Gasteiger charge is -2.23. The van der Waals surface area contributed by atoms with Crippen LogP contribution >= 0.6 is 0 Å². The monoisotopic (exact) mass is 169 g/mol. The van der Waals surface area contributed by atoms with E-state index in [0.717, 1.165) is 5.92 Å². The maximum absolute atomic E-state index is 2.30. The molecule has 0 heterocycles. The molecule has 0 fully saturated rings. The third-order valence-corrected chi connectivity index (χ3v) is 2.76. The Morgan fingerprint density at radius 2 is 1.25 bits per heavy atom. The third-order valence-electron chi connectivity index (χ3n) is 2.76. The molecule has 0 aliphatic rings. The first-order chi connectivity index (χ1) is 5.79. The molecule has 0 amide bonds. The van der Waals surface area contributed by atoms with Gasteiger partial charge in [0.25, 0.3) is 0 Å². The maximum Gasteiger partial charge on any atom is -0.0215 e. The summed E-state index contributed by atoms with van der Waals surface area (Å²) in [7, 11) is 0. The van der Waals surface area contributed by atoms with Gasteiger partial charge in [-0.25, -0.2) is 0 Å². The molecular weight excluding hydrogens is 144 g/mol. The summed E-state index contributed by atoms with van der Waals surface area (Å²) in [5.41, 5.74) is 0. The van der Waals surface area contributed by atoms with E-state index in [-0.39, 0.29) is 0 Å². The third kappa shape index (κ3) is 4.13. The van der Waals surface area contributed by atoms with Gasteiger partial charge < -0.3 is 0 Å². The molecule has 0 heteroatoms. The van der Waals surface area contributed by atoms with Crippen LogP contribution in [-0.2, 0) is 0 Å². The zero-order valence-electron chi connectivity index (χ0n) is 9.32. The quantitative estimate of drug-likeness (QED) is 0.522. The molecule has 0 saturated heterocycles. The summed E-state index contributed by atoms with van der Waals surface area (Å²) in [6.07, 6.45) is 8.08. The van der Waals surface area contributed by atoms with Gasteiger partial charge in [0.2, 0.25) is 0 Å². The molecule has 0 aliphatic heterocycles. The minimum Gasteiger partial charge on any atom is -0.0654 e. The van der Waals surface area contributed by atoms with E-state index in [0.29, 0.717) is 0 Å². The van der Waals surface area contributed by atoms with Crippen molar-refractivity contribution in [3.8, 4) is 0 Å². The van der Waals surface area contributed by atoms with Crippen LogP contribution in [0.1, 0.15) is 66.2 Å². The van der Waals surface area contributed by atoms with Gasteiger partial charge in [0.15, 0.2) is 0 Å². The van der Waals surface area contributed by atoms with E-state index in [9.17, 15) is 0 Å². The van der Waals surface area contributed by atoms with Crippen LogP contribution in [0.15, 0.2) is 0 Å². The van der Waals surface area contributed by atoms with Crippen LogP contribution in [-0.4, -0.2) is 0 Å². The van der Waals surface area contributed by atoms with Crippen LogP contribution < -0.4 is 0 Å². The second-order valence-corrected chi connectivity index (χ2v) is 3.64. The van der Waals surface area contributed by atoms with E-state index in [1.165, 1.54) is 38.5 Å². The van der Waals surface area contributed by atoms with E-state index in [2.05, 4.69) is 27.7 Å². The summed E-state index contributed by atoms with van der Waals surface area (Å²) in [5, 5.41) is 0. The van der Waals surface area contributed by atoms with Crippen LogP contribution in [0.4, 0.5) is 0 Å². The second kappa shape index (κ2) is 7.64. The van der Waals surface area contributed by atoms with Gasteiger partial charge in [0.05, 0.1) is 0 Å². The molecule has 0 atom stereocenters. The minimum atomic E-state index is 0.926. The highest BCUT2D eigenvalue weighted by Crippen LogP contribution is 2.29. The van der Waals surface area contributed by atoms with Crippen molar-refractivity contribution in [2.45, 2.75) is 66.2 Å². The average molecular weight is 169 g/mol. The van der Waals surface area contributed by atoms with Crippen LogP contribution in [0.2, 0.25) is 0 Å². The van der Waals surface area contributed by atoms with Gasteiger partial charge in [-0.15, -0.1) is 0 Å². The van der Waals surface area contributed by atoms with Gasteiger partial charge >= 0.3 is 0 Å². The molecule has 0 aliphatic carbocycles. The van der Waals surface area contributed by atoms with Gasteiger partial charge in [-0.1, -0.05) is 53.4 Å².